The molecule has 0 aliphatic carbocycles. The zero-order valence-corrected chi connectivity index (χ0v) is 14.4. The van der Waals surface area contributed by atoms with Crippen molar-refractivity contribution in [1.82, 2.24) is 4.72 Å². The van der Waals surface area contributed by atoms with Crippen molar-refractivity contribution >= 4 is 19.9 Å². The van der Waals surface area contributed by atoms with Gasteiger partial charge in [0, 0.05) is 6.04 Å². The standard InChI is InChI=1S/C16H16FNO4S2/c1-11(12-5-4-6-13(17)9-12)18-24(21,22)16-10-23(19,20)15-8-3-2-7-14(15)16/h2-9,11,16,18H,10H2,1H3/t11-,16+/m1/s1. The van der Waals surface area contributed by atoms with Gasteiger partial charge in [0.15, 0.2) is 9.84 Å². The largest absolute Gasteiger partial charge is 0.224 e. The summed E-state index contributed by atoms with van der Waals surface area (Å²) in [7, 11) is -7.58. The number of benzene rings is 2. The van der Waals surface area contributed by atoms with Crippen molar-refractivity contribution in [3.63, 3.8) is 0 Å². The van der Waals surface area contributed by atoms with Crippen LogP contribution in [0.3, 0.4) is 0 Å². The van der Waals surface area contributed by atoms with Crippen LogP contribution in [-0.2, 0) is 19.9 Å². The molecule has 0 unspecified atom stereocenters. The highest BCUT2D eigenvalue weighted by atomic mass is 32.2. The molecule has 1 N–H and O–H groups in total. The molecule has 1 aliphatic heterocycles. The van der Waals surface area contributed by atoms with Gasteiger partial charge in [-0.25, -0.2) is 25.9 Å². The van der Waals surface area contributed by atoms with Crippen molar-refractivity contribution < 1.29 is 21.2 Å². The van der Waals surface area contributed by atoms with E-state index in [2.05, 4.69) is 4.72 Å². The lowest BCUT2D eigenvalue weighted by Crippen LogP contribution is -2.32. The first-order valence-electron chi connectivity index (χ1n) is 7.29. The Morgan fingerprint density at radius 2 is 1.88 bits per heavy atom. The van der Waals surface area contributed by atoms with Crippen LogP contribution in [0.25, 0.3) is 0 Å². The highest BCUT2D eigenvalue weighted by molar-refractivity contribution is 7.95. The SMILES string of the molecule is C[C@@H](NS(=O)(=O)[C@H]1CS(=O)(=O)c2ccccc21)c1cccc(F)c1. The monoisotopic (exact) mass is 369 g/mol. The number of hydrogen-bond donors (Lipinski definition) is 1. The second-order valence-electron chi connectivity index (χ2n) is 5.75. The van der Waals surface area contributed by atoms with Crippen molar-refractivity contribution in [1.29, 1.82) is 0 Å². The van der Waals surface area contributed by atoms with Gasteiger partial charge in [0.2, 0.25) is 10.0 Å². The fraction of sp³-hybridized carbons (Fsp3) is 0.250. The van der Waals surface area contributed by atoms with E-state index in [1.165, 1.54) is 30.3 Å². The topological polar surface area (TPSA) is 80.3 Å². The van der Waals surface area contributed by atoms with Crippen molar-refractivity contribution in [2.75, 3.05) is 5.75 Å². The smallest absolute Gasteiger partial charge is 0.220 e. The number of rotatable bonds is 4. The molecule has 2 aromatic rings. The molecule has 1 heterocycles. The molecule has 24 heavy (non-hydrogen) atoms. The zero-order valence-electron chi connectivity index (χ0n) is 12.8. The van der Waals surface area contributed by atoms with Crippen LogP contribution in [0.5, 0.6) is 0 Å². The average Bonchev–Trinajstić information content (AvgIpc) is 2.80. The molecule has 128 valence electrons. The molecule has 0 spiro atoms. The molecular weight excluding hydrogens is 353 g/mol. The quantitative estimate of drug-likeness (QED) is 0.897. The number of nitrogens with one attached hydrogen (secondary N) is 1. The van der Waals surface area contributed by atoms with E-state index in [4.69, 9.17) is 0 Å². The molecule has 8 heteroatoms. The number of fused-ring (bicyclic) bond motifs is 1. The lowest BCUT2D eigenvalue weighted by molar-refractivity contribution is 0.554. The number of hydrogen-bond acceptors (Lipinski definition) is 4. The van der Waals surface area contributed by atoms with Crippen LogP contribution in [0.1, 0.15) is 29.3 Å². The summed E-state index contributed by atoms with van der Waals surface area (Å²) in [5, 5.41) is -1.17. The van der Waals surface area contributed by atoms with Crippen LogP contribution in [0, 0.1) is 5.82 Å². The van der Waals surface area contributed by atoms with Gasteiger partial charge in [-0.15, -0.1) is 0 Å². The molecule has 2 atom stereocenters. The fourth-order valence-corrected chi connectivity index (χ4v) is 7.11. The molecular formula is C16H16FNO4S2. The minimum Gasteiger partial charge on any atom is -0.224 e. The summed E-state index contributed by atoms with van der Waals surface area (Å²) >= 11 is 0. The van der Waals surface area contributed by atoms with E-state index in [9.17, 15) is 21.2 Å². The molecule has 2 aromatic carbocycles. The van der Waals surface area contributed by atoms with Crippen LogP contribution in [0.4, 0.5) is 4.39 Å². The summed E-state index contributed by atoms with van der Waals surface area (Å²) in [6.45, 7) is 1.58. The van der Waals surface area contributed by atoms with E-state index in [0.29, 0.717) is 5.56 Å². The van der Waals surface area contributed by atoms with Gasteiger partial charge >= 0.3 is 0 Å². The summed E-state index contributed by atoms with van der Waals surface area (Å²) in [5.41, 5.74) is 0.740. The number of sulfone groups is 1. The first-order chi connectivity index (χ1) is 11.2. The fourth-order valence-electron chi connectivity index (χ4n) is 2.84. The van der Waals surface area contributed by atoms with Crippen LogP contribution in [-0.4, -0.2) is 22.6 Å². The van der Waals surface area contributed by atoms with Gasteiger partial charge in [-0.2, -0.15) is 0 Å². The molecule has 5 nitrogen and oxygen atoms in total. The molecule has 0 saturated carbocycles. The Hall–Kier alpha value is -1.77. The highest BCUT2D eigenvalue weighted by Gasteiger charge is 2.42. The number of sulfonamides is 1. The molecule has 0 bridgehead atoms. The maximum absolute atomic E-state index is 13.3. The molecule has 1 aliphatic rings. The molecule has 0 radical (unpaired) electrons. The predicted molar refractivity (Wildman–Crippen MR) is 88.1 cm³/mol. The summed E-state index contributed by atoms with van der Waals surface area (Å²) < 4.78 is 65.5. The van der Waals surface area contributed by atoms with Crippen molar-refractivity contribution in [3.05, 3.63) is 65.5 Å². The van der Waals surface area contributed by atoms with Crippen molar-refractivity contribution in [3.8, 4) is 0 Å². The Labute approximate surface area is 140 Å². The molecule has 0 saturated heterocycles. The van der Waals surface area contributed by atoms with E-state index in [-0.39, 0.29) is 10.5 Å². The summed E-state index contributed by atoms with van der Waals surface area (Å²) in [5.74, 6) is -0.954. The lowest BCUT2D eigenvalue weighted by atomic mass is 10.1. The van der Waals surface area contributed by atoms with Crippen LogP contribution in [0.2, 0.25) is 0 Å². The van der Waals surface area contributed by atoms with Crippen molar-refractivity contribution in [2.45, 2.75) is 23.1 Å². The van der Waals surface area contributed by atoms with E-state index in [1.54, 1.807) is 25.1 Å². The van der Waals surface area contributed by atoms with Crippen molar-refractivity contribution in [2.24, 2.45) is 0 Å². The lowest BCUT2D eigenvalue weighted by Gasteiger charge is -2.18. The maximum atomic E-state index is 13.3. The molecule has 0 fully saturated rings. The van der Waals surface area contributed by atoms with Gasteiger partial charge in [-0.3, -0.25) is 0 Å². The van der Waals surface area contributed by atoms with Gasteiger partial charge < -0.3 is 0 Å². The zero-order chi connectivity index (χ0) is 17.5. The summed E-state index contributed by atoms with van der Waals surface area (Å²) in [6, 6.07) is 11.0. The van der Waals surface area contributed by atoms with Gasteiger partial charge in [0.25, 0.3) is 0 Å². The third kappa shape index (κ3) is 3.09. The van der Waals surface area contributed by atoms with E-state index >= 15 is 0 Å². The van der Waals surface area contributed by atoms with Crippen LogP contribution >= 0.6 is 0 Å². The Morgan fingerprint density at radius 3 is 2.58 bits per heavy atom. The highest BCUT2D eigenvalue weighted by Crippen LogP contribution is 2.38. The Balaban J connectivity index is 1.92. The molecule has 0 aromatic heterocycles. The molecule has 0 amide bonds. The normalized spacial score (nSPS) is 20.5. The summed E-state index contributed by atoms with van der Waals surface area (Å²) in [6.07, 6.45) is 0. The Bertz CT molecular complexity index is 987. The van der Waals surface area contributed by atoms with Crippen LogP contribution < -0.4 is 4.72 Å². The minimum atomic E-state index is -3.96. The first-order valence-corrected chi connectivity index (χ1v) is 10.5. The van der Waals surface area contributed by atoms with Gasteiger partial charge in [0.1, 0.15) is 11.1 Å². The Kier molecular flexibility index (Phi) is 4.23. The average molecular weight is 369 g/mol. The third-order valence-corrected chi connectivity index (χ3v) is 7.91. The minimum absolute atomic E-state index is 0.0544. The van der Waals surface area contributed by atoms with Gasteiger partial charge in [-0.05, 0) is 36.2 Å². The van der Waals surface area contributed by atoms with Gasteiger partial charge in [0.05, 0.1) is 10.6 Å². The number of halogens is 1. The van der Waals surface area contributed by atoms with E-state index in [1.807, 2.05) is 0 Å². The van der Waals surface area contributed by atoms with E-state index < -0.39 is 42.7 Å². The third-order valence-electron chi connectivity index (χ3n) is 4.04. The second-order valence-corrected chi connectivity index (χ2v) is 9.64. The first kappa shape index (κ1) is 17.1. The molecule has 3 rings (SSSR count). The van der Waals surface area contributed by atoms with Gasteiger partial charge in [-0.1, -0.05) is 30.3 Å². The van der Waals surface area contributed by atoms with E-state index in [0.717, 1.165) is 0 Å². The predicted octanol–water partition coefficient (Wildman–Crippen LogP) is 2.33. The Morgan fingerprint density at radius 1 is 1.17 bits per heavy atom. The summed E-state index contributed by atoms with van der Waals surface area (Å²) in [4.78, 5) is 0.0544. The maximum Gasteiger partial charge on any atom is 0.220 e. The second kappa shape index (κ2) is 5.94. The van der Waals surface area contributed by atoms with Crippen LogP contribution in [0.15, 0.2) is 53.4 Å².